The zero-order valence-electron chi connectivity index (χ0n) is 14.9. The molecule has 0 fully saturated rings. The van der Waals surface area contributed by atoms with Crippen LogP contribution in [0.2, 0.25) is 0 Å². The largest absolute Gasteiger partial charge is 0.573 e. The first-order valence-electron chi connectivity index (χ1n) is 8.09. The molecule has 152 valence electrons. The number of hydrogen-bond donors (Lipinski definition) is 1. The van der Waals surface area contributed by atoms with E-state index in [0.717, 1.165) is 0 Å². The second kappa shape index (κ2) is 9.14. The maximum absolute atomic E-state index is 12.3. The zero-order chi connectivity index (χ0) is 20.9. The second-order valence-electron chi connectivity index (χ2n) is 5.54. The number of thioether (sulfide) groups is 1. The first kappa shape index (κ1) is 20.9. The molecule has 0 aliphatic heterocycles. The molecule has 1 heterocycles. The lowest BCUT2D eigenvalue weighted by atomic mass is 10.2. The van der Waals surface area contributed by atoms with Crippen molar-refractivity contribution in [3.63, 3.8) is 0 Å². The maximum Gasteiger partial charge on any atom is 0.573 e. The summed E-state index contributed by atoms with van der Waals surface area (Å²) in [6.45, 7) is 0. The fourth-order valence-electron chi connectivity index (χ4n) is 2.21. The Balaban J connectivity index is 1.56. The van der Waals surface area contributed by atoms with Gasteiger partial charge in [0.15, 0.2) is 4.34 Å². The van der Waals surface area contributed by atoms with E-state index in [1.807, 2.05) is 0 Å². The molecule has 0 saturated carbocycles. The molecule has 0 saturated heterocycles. The van der Waals surface area contributed by atoms with Crippen LogP contribution in [0.15, 0.2) is 52.9 Å². The number of nitrogens with one attached hydrogen (secondary N) is 1. The van der Waals surface area contributed by atoms with Crippen LogP contribution in [-0.4, -0.2) is 29.6 Å². The molecule has 3 aromatic rings. The minimum Gasteiger partial charge on any atom is -0.497 e. The number of methoxy groups -OCH3 is 1. The second-order valence-corrected chi connectivity index (χ2v) is 7.74. The molecule has 29 heavy (non-hydrogen) atoms. The summed E-state index contributed by atoms with van der Waals surface area (Å²) in [5.74, 6) is 0.398. The predicted octanol–water partition coefficient (Wildman–Crippen LogP) is 4.99. The maximum atomic E-state index is 12.3. The van der Waals surface area contributed by atoms with Crippen LogP contribution in [0.5, 0.6) is 11.5 Å². The number of amides is 1. The Bertz CT molecular complexity index is 978. The third-order valence-corrected chi connectivity index (χ3v) is 5.52. The predicted molar refractivity (Wildman–Crippen MR) is 104 cm³/mol. The Hall–Kier alpha value is -2.79. The molecule has 2 aromatic carbocycles. The van der Waals surface area contributed by atoms with Gasteiger partial charge in [0.2, 0.25) is 5.13 Å². The molecule has 1 aromatic heterocycles. The summed E-state index contributed by atoms with van der Waals surface area (Å²) in [4.78, 5) is 12.2. The van der Waals surface area contributed by atoms with E-state index in [2.05, 4.69) is 20.3 Å². The van der Waals surface area contributed by atoms with E-state index in [1.165, 1.54) is 48.4 Å². The third kappa shape index (κ3) is 6.36. The Morgan fingerprint density at radius 2 is 1.90 bits per heavy atom. The van der Waals surface area contributed by atoms with Crippen LogP contribution in [0.25, 0.3) is 0 Å². The van der Waals surface area contributed by atoms with E-state index in [-0.39, 0.29) is 11.7 Å². The topological polar surface area (TPSA) is 73.3 Å². The fourth-order valence-corrected chi connectivity index (χ4v) is 3.90. The lowest BCUT2D eigenvalue weighted by molar-refractivity contribution is -0.274. The number of halogens is 3. The smallest absolute Gasteiger partial charge is 0.497 e. The minimum atomic E-state index is -4.73. The number of benzene rings is 2. The van der Waals surface area contributed by atoms with Gasteiger partial charge in [0.25, 0.3) is 5.91 Å². The quantitative estimate of drug-likeness (QED) is 0.411. The molecule has 3 rings (SSSR count). The fraction of sp³-hybridized carbons (Fsp3) is 0.167. The van der Waals surface area contributed by atoms with Gasteiger partial charge in [-0.3, -0.25) is 10.1 Å². The Morgan fingerprint density at radius 1 is 1.14 bits per heavy atom. The van der Waals surface area contributed by atoms with Gasteiger partial charge in [0, 0.05) is 11.3 Å². The normalized spacial score (nSPS) is 11.2. The molecule has 1 N–H and O–H groups in total. The standard InChI is InChI=1S/C18H14F3N3O3S2/c1-26-13-7-5-12(6-8-13)15(25)22-16-23-24-17(29-16)28-10-11-3-2-4-14(9-11)27-18(19,20)21/h2-9H,10H2,1H3,(H,22,23,25). The van der Waals surface area contributed by atoms with Gasteiger partial charge < -0.3 is 9.47 Å². The molecule has 0 radical (unpaired) electrons. The molecular formula is C18H14F3N3O3S2. The SMILES string of the molecule is COc1ccc(C(=O)Nc2nnc(SCc3cccc(OC(F)(F)F)c3)s2)cc1. The molecule has 11 heteroatoms. The van der Waals surface area contributed by atoms with E-state index in [1.54, 1.807) is 30.3 Å². The van der Waals surface area contributed by atoms with Gasteiger partial charge in [0.05, 0.1) is 7.11 Å². The van der Waals surface area contributed by atoms with Gasteiger partial charge in [0.1, 0.15) is 11.5 Å². The van der Waals surface area contributed by atoms with Crippen LogP contribution in [0.3, 0.4) is 0 Å². The third-order valence-electron chi connectivity index (χ3n) is 3.47. The van der Waals surface area contributed by atoms with E-state index < -0.39 is 6.36 Å². The van der Waals surface area contributed by atoms with Crippen molar-refractivity contribution in [1.29, 1.82) is 0 Å². The number of nitrogens with zero attached hydrogens (tertiary/aromatic N) is 2. The summed E-state index contributed by atoms with van der Waals surface area (Å²) in [5, 5.41) is 10.9. The van der Waals surface area contributed by atoms with Crippen molar-refractivity contribution < 1.29 is 27.4 Å². The number of alkyl halides is 3. The van der Waals surface area contributed by atoms with Gasteiger partial charge in [-0.25, -0.2) is 0 Å². The van der Waals surface area contributed by atoms with Gasteiger partial charge in [-0.05, 0) is 42.0 Å². The highest BCUT2D eigenvalue weighted by Gasteiger charge is 2.31. The van der Waals surface area contributed by atoms with Crippen LogP contribution >= 0.6 is 23.1 Å². The van der Waals surface area contributed by atoms with E-state index in [4.69, 9.17) is 4.74 Å². The summed E-state index contributed by atoms with van der Waals surface area (Å²) in [7, 11) is 1.54. The molecular weight excluding hydrogens is 427 g/mol. The van der Waals surface area contributed by atoms with Crippen LogP contribution in [-0.2, 0) is 5.75 Å². The van der Waals surface area contributed by atoms with Crippen molar-refractivity contribution >= 4 is 34.1 Å². The number of carbonyl (C=O) groups excluding carboxylic acids is 1. The summed E-state index contributed by atoms with van der Waals surface area (Å²) in [6.07, 6.45) is -4.73. The highest BCUT2D eigenvalue weighted by Crippen LogP contribution is 2.30. The summed E-state index contributed by atoms with van der Waals surface area (Å²) < 4.78 is 46.4. The lowest BCUT2D eigenvalue weighted by Crippen LogP contribution is -2.17. The van der Waals surface area contributed by atoms with E-state index in [0.29, 0.717) is 32.1 Å². The Morgan fingerprint density at radius 3 is 2.59 bits per heavy atom. The van der Waals surface area contributed by atoms with Gasteiger partial charge in [-0.15, -0.1) is 23.4 Å². The van der Waals surface area contributed by atoms with Crippen LogP contribution in [0.4, 0.5) is 18.3 Å². The molecule has 1 amide bonds. The number of carbonyl (C=O) groups is 1. The first-order chi connectivity index (χ1) is 13.8. The highest BCUT2D eigenvalue weighted by molar-refractivity contribution is 8.00. The first-order valence-corrected chi connectivity index (χ1v) is 9.89. The molecule has 0 bridgehead atoms. The van der Waals surface area contributed by atoms with Gasteiger partial charge >= 0.3 is 6.36 Å². The van der Waals surface area contributed by atoms with E-state index in [9.17, 15) is 18.0 Å². The average molecular weight is 441 g/mol. The van der Waals surface area contributed by atoms with Crippen molar-refractivity contribution in [2.75, 3.05) is 12.4 Å². The molecule has 0 atom stereocenters. The van der Waals surface area contributed by atoms with Crippen molar-refractivity contribution in [1.82, 2.24) is 10.2 Å². The van der Waals surface area contributed by atoms with Crippen molar-refractivity contribution in [2.45, 2.75) is 16.5 Å². The number of anilines is 1. The molecule has 0 spiro atoms. The zero-order valence-corrected chi connectivity index (χ0v) is 16.5. The van der Waals surface area contributed by atoms with Crippen LogP contribution in [0, 0.1) is 0 Å². The lowest BCUT2D eigenvalue weighted by Gasteiger charge is -2.09. The highest BCUT2D eigenvalue weighted by atomic mass is 32.2. The molecule has 0 unspecified atom stereocenters. The van der Waals surface area contributed by atoms with Crippen molar-refractivity contribution in [3.05, 3.63) is 59.7 Å². The number of hydrogen-bond acceptors (Lipinski definition) is 7. The number of aromatic nitrogens is 2. The summed E-state index contributed by atoms with van der Waals surface area (Å²) in [6, 6.07) is 12.3. The molecule has 0 aliphatic carbocycles. The summed E-state index contributed by atoms with van der Waals surface area (Å²) in [5.41, 5.74) is 1.08. The number of rotatable bonds is 7. The Labute approximate surface area is 172 Å². The monoisotopic (exact) mass is 441 g/mol. The minimum absolute atomic E-state index is 0.277. The van der Waals surface area contributed by atoms with Crippen LogP contribution < -0.4 is 14.8 Å². The number of ether oxygens (including phenoxy) is 2. The van der Waals surface area contributed by atoms with Gasteiger partial charge in [-0.1, -0.05) is 35.2 Å². The van der Waals surface area contributed by atoms with Crippen molar-refractivity contribution in [2.24, 2.45) is 0 Å². The molecule has 0 aliphatic rings. The van der Waals surface area contributed by atoms with Crippen molar-refractivity contribution in [3.8, 4) is 11.5 Å². The van der Waals surface area contributed by atoms with Crippen LogP contribution in [0.1, 0.15) is 15.9 Å². The molecule has 6 nitrogen and oxygen atoms in total. The average Bonchev–Trinajstić information content (AvgIpc) is 3.13. The Kier molecular flexibility index (Phi) is 6.60. The summed E-state index contributed by atoms with van der Waals surface area (Å²) >= 11 is 2.46. The van der Waals surface area contributed by atoms with E-state index >= 15 is 0 Å². The van der Waals surface area contributed by atoms with Gasteiger partial charge in [-0.2, -0.15) is 0 Å².